The van der Waals surface area contributed by atoms with Crippen molar-refractivity contribution in [2.45, 2.75) is 6.92 Å². The molecule has 0 amide bonds. The number of anilines is 1. The zero-order chi connectivity index (χ0) is 10.1. The summed E-state index contributed by atoms with van der Waals surface area (Å²) in [7, 11) is 1.96. The van der Waals surface area contributed by atoms with Crippen molar-refractivity contribution in [2.75, 3.05) is 5.73 Å². The highest BCUT2D eigenvalue weighted by molar-refractivity contribution is 5.61. The average molecular weight is 188 g/mol. The van der Waals surface area contributed by atoms with Crippen molar-refractivity contribution < 1.29 is 0 Å². The minimum Gasteiger partial charge on any atom is -0.384 e. The fourth-order valence-electron chi connectivity index (χ4n) is 1.44. The van der Waals surface area contributed by atoms with E-state index >= 15 is 0 Å². The Morgan fingerprint density at radius 3 is 2.71 bits per heavy atom. The van der Waals surface area contributed by atoms with E-state index in [1.165, 1.54) is 0 Å². The van der Waals surface area contributed by atoms with Crippen molar-refractivity contribution in [1.29, 1.82) is 0 Å². The molecule has 2 heterocycles. The molecule has 2 rings (SSSR count). The van der Waals surface area contributed by atoms with E-state index in [4.69, 9.17) is 5.73 Å². The number of hydrogen-bond donors (Lipinski definition) is 1. The fraction of sp³-hybridized carbons (Fsp3) is 0.200. The number of aryl methyl sites for hydroxylation is 2. The predicted molar refractivity (Wildman–Crippen MR) is 55.6 cm³/mol. The van der Waals surface area contributed by atoms with E-state index in [9.17, 15) is 0 Å². The highest BCUT2D eigenvalue weighted by atomic mass is 15.0. The molecule has 14 heavy (non-hydrogen) atoms. The first-order valence-electron chi connectivity index (χ1n) is 4.38. The summed E-state index contributed by atoms with van der Waals surface area (Å²) in [6.07, 6.45) is 5.43. The normalized spacial score (nSPS) is 10.4. The number of nitrogen functional groups attached to an aromatic ring is 1. The molecule has 0 aliphatic heterocycles. The van der Waals surface area contributed by atoms with Crippen molar-refractivity contribution in [1.82, 2.24) is 14.5 Å². The van der Waals surface area contributed by atoms with E-state index in [1.807, 2.05) is 30.8 Å². The Bertz CT molecular complexity index is 459. The average Bonchev–Trinajstić information content (AvgIpc) is 2.52. The second-order valence-electron chi connectivity index (χ2n) is 3.29. The number of nitrogens with zero attached hydrogens (tertiary/aromatic N) is 3. The van der Waals surface area contributed by atoms with Gasteiger partial charge in [0.15, 0.2) is 0 Å². The number of rotatable bonds is 1. The Morgan fingerprint density at radius 2 is 2.14 bits per heavy atom. The summed E-state index contributed by atoms with van der Waals surface area (Å²) in [5.41, 5.74) is 7.69. The van der Waals surface area contributed by atoms with E-state index in [1.54, 1.807) is 12.4 Å². The highest BCUT2D eigenvalue weighted by Gasteiger charge is 2.06. The number of hydrogen-bond acceptors (Lipinski definition) is 3. The topological polar surface area (TPSA) is 56.7 Å². The van der Waals surface area contributed by atoms with Crippen LogP contribution in [0.2, 0.25) is 0 Å². The lowest BCUT2D eigenvalue weighted by atomic mass is 10.1. The second-order valence-corrected chi connectivity index (χ2v) is 3.29. The van der Waals surface area contributed by atoms with Gasteiger partial charge < -0.3 is 10.3 Å². The van der Waals surface area contributed by atoms with Gasteiger partial charge in [-0.15, -0.1) is 0 Å². The third-order valence-corrected chi connectivity index (χ3v) is 2.19. The molecule has 4 nitrogen and oxygen atoms in total. The fourth-order valence-corrected chi connectivity index (χ4v) is 1.44. The van der Waals surface area contributed by atoms with Crippen molar-refractivity contribution in [3.8, 4) is 11.4 Å². The maximum absolute atomic E-state index is 5.58. The first-order chi connectivity index (χ1) is 6.68. The minimum absolute atomic E-state index is 0.542. The molecule has 0 unspecified atom stereocenters. The lowest BCUT2D eigenvalue weighted by Gasteiger charge is -2.05. The van der Waals surface area contributed by atoms with Crippen LogP contribution in [0.15, 0.2) is 24.7 Å². The van der Waals surface area contributed by atoms with Crippen LogP contribution in [0, 0.1) is 6.92 Å². The van der Waals surface area contributed by atoms with Crippen LogP contribution in [-0.4, -0.2) is 14.5 Å². The number of aromatic nitrogens is 3. The predicted octanol–water partition coefficient (Wildman–Crippen LogP) is 1.37. The molecule has 0 aliphatic carbocycles. The van der Waals surface area contributed by atoms with Gasteiger partial charge in [0.1, 0.15) is 11.6 Å². The molecule has 0 saturated carbocycles. The van der Waals surface area contributed by atoms with Crippen LogP contribution in [0.25, 0.3) is 11.4 Å². The summed E-state index contributed by atoms with van der Waals surface area (Å²) in [5.74, 6) is 1.45. The van der Waals surface area contributed by atoms with Crippen LogP contribution < -0.4 is 5.73 Å². The van der Waals surface area contributed by atoms with Gasteiger partial charge in [-0.25, -0.2) is 9.97 Å². The molecule has 0 spiro atoms. The van der Waals surface area contributed by atoms with E-state index in [2.05, 4.69) is 9.97 Å². The molecule has 0 atom stereocenters. The van der Waals surface area contributed by atoms with Crippen LogP contribution in [0.4, 0.5) is 5.82 Å². The summed E-state index contributed by atoms with van der Waals surface area (Å²) in [6.45, 7) is 2.00. The Labute approximate surface area is 82.4 Å². The molecule has 2 aromatic rings. The first kappa shape index (κ1) is 8.74. The molecule has 0 aromatic carbocycles. The summed E-state index contributed by atoms with van der Waals surface area (Å²) < 4.78 is 1.96. The van der Waals surface area contributed by atoms with Gasteiger partial charge >= 0.3 is 0 Å². The number of pyridine rings is 1. The van der Waals surface area contributed by atoms with Gasteiger partial charge in [-0.3, -0.25) is 0 Å². The smallest absolute Gasteiger partial charge is 0.141 e. The molecular formula is C10H12N4. The van der Waals surface area contributed by atoms with Gasteiger partial charge in [0.2, 0.25) is 0 Å². The van der Waals surface area contributed by atoms with Gasteiger partial charge in [0.25, 0.3) is 0 Å². The van der Waals surface area contributed by atoms with E-state index in [0.29, 0.717) is 5.82 Å². The van der Waals surface area contributed by atoms with E-state index < -0.39 is 0 Å². The molecule has 0 bridgehead atoms. The van der Waals surface area contributed by atoms with Gasteiger partial charge in [0, 0.05) is 31.2 Å². The molecule has 4 heteroatoms. The molecular weight excluding hydrogens is 176 g/mol. The summed E-state index contributed by atoms with van der Waals surface area (Å²) in [5, 5.41) is 0. The van der Waals surface area contributed by atoms with Gasteiger partial charge in [-0.1, -0.05) is 0 Å². The Balaban J connectivity index is 2.58. The van der Waals surface area contributed by atoms with Gasteiger partial charge in [-0.05, 0) is 18.6 Å². The minimum atomic E-state index is 0.542. The third kappa shape index (κ3) is 1.35. The number of imidazole rings is 1. The van der Waals surface area contributed by atoms with E-state index in [-0.39, 0.29) is 0 Å². The standard InChI is InChI=1S/C10H12N4/c1-7-5-9(11)13-6-8(7)10-12-3-4-14(10)2/h3-6H,1-2H3,(H2,11,13). The maximum atomic E-state index is 5.58. The second kappa shape index (κ2) is 3.14. The molecule has 2 N–H and O–H groups in total. The molecule has 0 fully saturated rings. The molecule has 0 aliphatic rings. The Kier molecular flexibility index (Phi) is 1.96. The Morgan fingerprint density at radius 1 is 1.36 bits per heavy atom. The van der Waals surface area contributed by atoms with Crippen LogP contribution >= 0.6 is 0 Å². The molecule has 2 aromatic heterocycles. The van der Waals surface area contributed by atoms with Crippen molar-refractivity contribution in [3.63, 3.8) is 0 Å². The van der Waals surface area contributed by atoms with Crippen molar-refractivity contribution >= 4 is 5.82 Å². The molecule has 72 valence electrons. The maximum Gasteiger partial charge on any atom is 0.141 e. The van der Waals surface area contributed by atoms with E-state index in [0.717, 1.165) is 17.0 Å². The summed E-state index contributed by atoms with van der Waals surface area (Å²) in [6, 6.07) is 1.85. The van der Waals surface area contributed by atoms with Crippen LogP contribution in [0.3, 0.4) is 0 Å². The zero-order valence-corrected chi connectivity index (χ0v) is 8.23. The third-order valence-electron chi connectivity index (χ3n) is 2.19. The largest absolute Gasteiger partial charge is 0.384 e. The number of nitrogens with two attached hydrogens (primary N) is 1. The first-order valence-corrected chi connectivity index (χ1v) is 4.38. The van der Waals surface area contributed by atoms with Crippen LogP contribution in [0.1, 0.15) is 5.56 Å². The highest BCUT2D eigenvalue weighted by Crippen LogP contribution is 2.20. The molecule has 0 saturated heterocycles. The quantitative estimate of drug-likeness (QED) is 0.735. The summed E-state index contributed by atoms with van der Waals surface area (Å²) in [4.78, 5) is 8.32. The van der Waals surface area contributed by atoms with Gasteiger partial charge in [0.05, 0.1) is 0 Å². The summed E-state index contributed by atoms with van der Waals surface area (Å²) >= 11 is 0. The SMILES string of the molecule is Cc1cc(N)ncc1-c1nccn1C. The van der Waals surface area contributed by atoms with Crippen LogP contribution in [-0.2, 0) is 7.05 Å². The zero-order valence-electron chi connectivity index (χ0n) is 8.23. The molecule has 0 radical (unpaired) electrons. The monoisotopic (exact) mass is 188 g/mol. The van der Waals surface area contributed by atoms with Crippen LogP contribution in [0.5, 0.6) is 0 Å². The van der Waals surface area contributed by atoms with Crippen molar-refractivity contribution in [2.24, 2.45) is 7.05 Å². The lowest BCUT2D eigenvalue weighted by Crippen LogP contribution is -1.97. The van der Waals surface area contributed by atoms with Crippen molar-refractivity contribution in [3.05, 3.63) is 30.2 Å². The van der Waals surface area contributed by atoms with Gasteiger partial charge in [-0.2, -0.15) is 0 Å². The Hall–Kier alpha value is -1.84. The lowest BCUT2D eigenvalue weighted by molar-refractivity contribution is 0.922.